The molecule has 2 atom stereocenters. The summed E-state index contributed by atoms with van der Waals surface area (Å²) in [5, 5.41) is 3.58. The molecule has 0 radical (unpaired) electrons. The van der Waals surface area contributed by atoms with Gasteiger partial charge in [-0.25, -0.2) is 0 Å². The lowest BCUT2D eigenvalue weighted by Gasteiger charge is -2.36. The summed E-state index contributed by atoms with van der Waals surface area (Å²) < 4.78 is 0. The highest BCUT2D eigenvalue weighted by Gasteiger charge is 2.33. The van der Waals surface area contributed by atoms with Crippen LogP contribution in [0.15, 0.2) is 30.3 Å². The van der Waals surface area contributed by atoms with Crippen LogP contribution in [0.1, 0.15) is 26.7 Å². The van der Waals surface area contributed by atoms with Gasteiger partial charge in [-0.3, -0.25) is 9.69 Å². The molecule has 2 fully saturated rings. The smallest absolute Gasteiger partial charge is 0.241 e. The minimum Gasteiger partial charge on any atom is -0.314 e. The van der Waals surface area contributed by atoms with Crippen molar-refractivity contribution in [3.8, 4) is 0 Å². The third kappa shape index (κ3) is 3.33. The summed E-state index contributed by atoms with van der Waals surface area (Å²) in [5.41, 5.74) is 1.000. The second-order valence-electron chi connectivity index (χ2n) is 6.83. The number of hydrogen-bond donors (Lipinski definition) is 1. The van der Waals surface area contributed by atoms with Gasteiger partial charge in [-0.15, -0.1) is 0 Å². The molecule has 2 unspecified atom stereocenters. The van der Waals surface area contributed by atoms with Crippen LogP contribution in [-0.2, 0) is 4.79 Å². The number of para-hydroxylation sites is 1. The number of rotatable bonds is 4. The number of nitrogens with zero attached hydrogens (tertiary/aromatic N) is 2. The summed E-state index contributed by atoms with van der Waals surface area (Å²) in [6.07, 6.45) is 2.42. The van der Waals surface area contributed by atoms with E-state index in [4.69, 9.17) is 0 Å². The number of nitrogens with one attached hydrogen (secondary N) is 1. The maximum Gasteiger partial charge on any atom is 0.241 e. The van der Waals surface area contributed by atoms with Gasteiger partial charge in [0.15, 0.2) is 0 Å². The predicted molar refractivity (Wildman–Crippen MR) is 90.0 cm³/mol. The maximum absolute atomic E-state index is 12.8. The molecule has 2 aliphatic rings. The molecule has 4 heteroatoms. The molecule has 0 aliphatic carbocycles. The van der Waals surface area contributed by atoms with Crippen LogP contribution >= 0.6 is 0 Å². The molecule has 0 spiro atoms. The largest absolute Gasteiger partial charge is 0.314 e. The van der Waals surface area contributed by atoms with Crippen LogP contribution in [0.2, 0.25) is 0 Å². The number of piperidine rings is 1. The van der Waals surface area contributed by atoms with Crippen LogP contribution in [0.25, 0.3) is 0 Å². The molecule has 0 saturated carbocycles. The Kier molecular flexibility index (Phi) is 4.79. The Morgan fingerprint density at radius 3 is 2.82 bits per heavy atom. The first-order valence-electron chi connectivity index (χ1n) is 8.48. The van der Waals surface area contributed by atoms with E-state index in [0.717, 1.165) is 31.2 Å². The van der Waals surface area contributed by atoms with Crippen molar-refractivity contribution in [2.24, 2.45) is 5.92 Å². The van der Waals surface area contributed by atoms with Crippen LogP contribution < -0.4 is 10.2 Å². The fourth-order valence-corrected chi connectivity index (χ4v) is 3.85. The third-order valence-electron chi connectivity index (χ3n) is 4.92. The number of likely N-dealkylation sites (tertiary alicyclic amines) is 1. The number of anilines is 1. The monoisotopic (exact) mass is 301 g/mol. The molecular weight excluding hydrogens is 274 g/mol. The van der Waals surface area contributed by atoms with Crippen molar-refractivity contribution >= 4 is 11.6 Å². The van der Waals surface area contributed by atoms with E-state index in [1.54, 1.807) is 0 Å². The molecule has 22 heavy (non-hydrogen) atoms. The number of carbonyl (C=O) groups is 1. The van der Waals surface area contributed by atoms with E-state index in [9.17, 15) is 4.79 Å². The molecule has 3 rings (SSSR count). The second kappa shape index (κ2) is 6.80. The molecular formula is C18H27N3O. The van der Waals surface area contributed by atoms with Gasteiger partial charge < -0.3 is 10.2 Å². The summed E-state index contributed by atoms with van der Waals surface area (Å²) in [6.45, 7) is 7.93. The van der Waals surface area contributed by atoms with Crippen molar-refractivity contribution in [3.63, 3.8) is 0 Å². The van der Waals surface area contributed by atoms with Crippen molar-refractivity contribution in [2.75, 3.05) is 31.1 Å². The fraction of sp³-hybridized carbons (Fsp3) is 0.611. The normalized spacial score (nSPS) is 25.2. The van der Waals surface area contributed by atoms with Crippen LogP contribution in [0.5, 0.6) is 0 Å². The van der Waals surface area contributed by atoms with Gasteiger partial charge in [0, 0.05) is 30.9 Å². The molecule has 1 aromatic rings. The summed E-state index contributed by atoms with van der Waals surface area (Å²) in [7, 11) is 0. The van der Waals surface area contributed by atoms with E-state index >= 15 is 0 Å². The molecule has 4 nitrogen and oxygen atoms in total. The summed E-state index contributed by atoms with van der Waals surface area (Å²) >= 11 is 0. The number of benzene rings is 1. The summed E-state index contributed by atoms with van der Waals surface area (Å²) in [4.78, 5) is 17.1. The zero-order valence-electron chi connectivity index (χ0n) is 13.7. The Labute approximate surface area is 133 Å². The average molecular weight is 301 g/mol. The van der Waals surface area contributed by atoms with Gasteiger partial charge in [0.2, 0.25) is 5.91 Å². The first-order chi connectivity index (χ1) is 10.6. The van der Waals surface area contributed by atoms with E-state index in [0.29, 0.717) is 12.6 Å². The van der Waals surface area contributed by atoms with E-state index in [1.807, 2.05) is 35.2 Å². The lowest BCUT2D eigenvalue weighted by molar-refractivity contribution is -0.120. The van der Waals surface area contributed by atoms with E-state index < -0.39 is 0 Å². The standard InChI is InChI=1S/C18H27N3O/c1-14(2)21(16-6-4-3-5-7-16)18(22)13-20-11-9-17-15(12-20)8-10-19-17/h3-7,14-15,17,19H,8-13H2,1-2H3. The van der Waals surface area contributed by atoms with E-state index in [2.05, 4.69) is 24.1 Å². The number of amides is 1. The summed E-state index contributed by atoms with van der Waals surface area (Å²) in [5.74, 6) is 0.941. The first-order valence-corrected chi connectivity index (χ1v) is 8.48. The van der Waals surface area contributed by atoms with Crippen LogP contribution in [0, 0.1) is 5.92 Å². The Morgan fingerprint density at radius 2 is 2.09 bits per heavy atom. The molecule has 1 aromatic carbocycles. The van der Waals surface area contributed by atoms with Crippen LogP contribution in [-0.4, -0.2) is 49.1 Å². The zero-order valence-corrected chi connectivity index (χ0v) is 13.7. The predicted octanol–water partition coefficient (Wildman–Crippen LogP) is 2.11. The highest BCUT2D eigenvalue weighted by Crippen LogP contribution is 2.25. The van der Waals surface area contributed by atoms with Crippen molar-refractivity contribution in [3.05, 3.63) is 30.3 Å². The lowest BCUT2D eigenvalue weighted by Crippen LogP contribution is -2.49. The van der Waals surface area contributed by atoms with Gasteiger partial charge >= 0.3 is 0 Å². The van der Waals surface area contributed by atoms with Gasteiger partial charge in [-0.1, -0.05) is 18.2 Å². The highest BCUT2D eigenvalue weighted by molar-refractivity contribution is 5.95. The van der Waals surface area contributed by atoms with Crippen molar-refractivity contribution in [1.29, 1.82) is 0 Å². The molecule has 2 heterocycles. The van der Waals surface area contributed by atoms with Crippen molar-refractivity contribution in [2.45, 2.75) is 38.8 Å². The Bertz CT molecular complexity index is 502. The van der Waals surface area contributed by atoms with Crippen LogP contribution in [0.4, 0.5) is 5.69 Å². The van der Waals surface area contributed by atoms with E-state index in [-0.39, 0.29) is 11.9 Å². The van der Waals surface area contributed by atoms with Crippen LogP contribution in [0.3, 0.4) is 0 Å². The Morgan fingerprint density at radius 1 is 1.32 bits per heavy atom. The van der Waals surface area contributed by atoms with Gasteiger partial charge in [0.05, 0.1) is 6.54 Å². The number of hydrogen-bond acceptors (Lipinski definition) is 3. The molecule has 0 aromatic heterocycles. The SMILES string of the molecule is CC(C)N(C(=O)CN1CCC2NCCC2C1)c1ccccc1. The lowest BCUT2D eigenvalue weighted by atomic mass is 9.93. The number of fused-ring (bicyclic) bond motifs is 1. The van der Waals surface area contributed by atoms with E-state index in [1.165, 1.54) is 12.8 Å². The Hall–Kier alpha value is -1.39. The van der Waals surface area contributed by atoms with Crippen molar-refractivity contribution < 1.29 is 4.79 Å². The van der Waals surface area contributed by atoms with Gasteiger partial charge in [0.25, 0.3) is 0 Å². The average Bonchev–Trinajstić information content (AvgIpc) is 2.95. The van der Waals surface area contributed by atoms with Gasteiger partial charge in [0.1, 0.15) is 0 Å². The minimum absolute atomic E-state index is 0.181. The fourth-order valence-electron chi connectivity index (χ4n) is 3.85. The maximum atomic E-state index is 12.8. The Balaban J connectivity index is 1.64. The highest BCUT2D eigenvalue weighted by atomic mass is 16.2. The second-order valence-corrected chi connectivity index (χ2v) is 6.83. The zero-order chi connectivity index (χ0) is 15.5. The molecule has 1 amide bonds. The van der Waals surface area contributed by atoms with Crippen molar-refractivity contribution in [1.82, 2.24) is 10.2 Å². The molecule has 120 valence electrons. The third-order valence-corrected chi connectivity index (χ3v) is 4.92. The first kappa shape index (κ1) is 15.5. The minimum atomic E-state index is 0.181. The molecule has 2 saturated heterocycles. The van der Waals surface area contributed by atoms with Gasteiger partial charge in [-0.05, 0) is 51.3 Å². The topological polar surface area (TPSA) is 35.6 Å². The molecule has 0 bridgehead atoms. The number of carbonyl (C=O) groups excluding carboxylic acids is 1. The molecule has 2 aliphatic heterocycles. The quantitative estimate of drug-likeness (QED) is 0.925. The summed E-state index contributed by atoms with van der Waals surface area (Å²) in [6, 6.07) is 10.9. The van der Waals surface area contributed by atoms with Gasteiger partial charge in [-0.2, -0.15) is 0 Å². The molecule has 1 N–H and O–H groups in total.